The van der Waals surface area contributed by atoms with Crippen LogP contribution >= 0.6 is 0 Å². The van der Waals surface area contributed by atoms with Gasteiger partial charge in [0.25, 0.3) is 0 Å². The smallest absolute Gasteiger partial charge is 0.112 e. The summed E-state index contributed by atoms with van der Waals surface area (Å²) < 4.78 is 43.6. The average Bonchev–Trinajstić information content (AvgIpc) is 4.12. The van der Waals surface area contributed by atoms with Crippen molar-refractivity contribution >= 4 is 0 Å². The Morgan fingerprint density at radius 2 is 0.516 bits per heavy atom. The molecule has 0 unspecified atom stereocenters. The van der Waals surface area contributed by atoms with Crippen LogP contribution in [-0.4, -0.2) is 147 Å². The molecule has 0 bridgehead atoms. The minimum atomic E-state index is -0.563. The second-order valence-electron chi connectivity index (χ2n) is 18.2. The van der Waals surface area contributed by atoms with Gasteiger partial charge in [0.05, 0.1) is 73.2 Å². The molecule has 12 nitrogen and oxygen atoms in total. The van der Waals surface area contributed by atoms with Gasteiger partial charge in [-0.2, -0.15) is 0 Å². The fraction of sp³-hybridized carbons (Fsp3) is 0.846. The summed E-state index contributed by atoms with van der Waals surface area (Å²) in [6.07, 6.45) is 23.2. The zero-order chi connectivity index (χ0) is 49.2. The van der Waals surface area contributed by atoms with Crippen molar-refractivity contribution in [2.24, 2.45) is 47.3 Å². The van der Waals surface area contributed by atoms with Gasteiger partial charge in [0.15, 0.2) is 0 Å². The van der Waals surface area contributed by atoms with Crippen LogP contribution in [0.2, 0.25) is 0 Å². The molecular weight excluding hydrogens is 817 g/mol. The summed E-state index contributed by atoms with van der Waals surface area (Å²) in [6, 6.07) is 0. The van der Waals surface area contributed by atoms with Gasteiger partial charge in [-0.15, -0.1) is 49.4 Å². The number of hydrogen-bond acceptors (Lipinski definition) is 12. The van der Waals surface area contributed by atoms with E-state index in [-0.39, 0.29) is 96.9 Å². The minimum absolute atomic E-state index is 0.0794. The molecular formula is C52H88O12. The van der Waals surface area contributed by atoms with E-state index in [1.54, 1.807) is 28.4 Å². The second kappa shape index (κ2) is 29.5. The zero-order valence-corrected chi connectivity index (χ0v) is 42.0. The maximum Gasteiger partial charge on any atom is 0.112 e. The highest BCUT2D eigenvalue weighted by atomic mass is 16.6. The summed E-state index contributed by atoms with van der Waals surface area (Å²) >= 11 is 0. The predicted molar refractivity (Wildman–Crippen MR) is 252 cm³/mol. The monoisotopic (exact) mass is 905 g/mol. The lowest BCUT2D eigenvalue weighted by Crippen LogP contribution is -2.30. The molecule has 4 aliphatic rings. The first kappa shape index (κ1) is 59.8. The standard InChI is InChI=1S/4C13H22O3/c4*1-6-8(3)11(14)13-12(16-13)9(4)10(7-2)15-5/h4*1,8-14H,7H2,2-5H3/t8-,9+,10-,11+,12+,13+;8-,9+,10-,11-,12+,13+;8-,9-,10+,11+,12-,13-;8-,9-,10+,11-,12-,13-/m0011/s1. The largest absolute Gasteiger partial charge is 0.389 e. The molecule has 0 aromatic carbocycles. The lowest BCUT2D eigenvalue weighted by Gasteiger charge is -2.20. The molecule has 4 aliphatic heterocycles. The highest BCUT2D eigenvalue weighted by molar-refractivity contribution is 5.07. The summed E-state index contributed by atoms with van der Waals surface area (Å²) in [5.41, 5.74) is 0. The number of aliphatic hydroxyl groups excluding tert-OH is 4. The number of epoxide rings is 4. The van der Waals surface area contributed by atoms with E-state index in [1.807, 2.05) is 27.7 Å². The molecule has 24 atom stereocenters. The zero-order valence-electron chi connectivity index (χ0n) is 42.0. The molecule has 4 heterocycles. The maximum absolute atomic E-state index is 9.90. The fourth-order valence-electron chi connectivity index (χ4n) is 8.73. The predicted octanol–water partition coefficient (Wildman–Crippen LogP) is 5.78. The van der Waals surface area contributed by atoms with Gasteiger partial charge in [-0.25, -0.2) is 0 Å². The maximum atomic E-state index is 9.90. The summed E-state index contributed by atoms with van der Waals surface area (Å²) in [4.78, 5) is 0. The van der Waals surface area contributed by atoms with Crippen molar-refractivity contribution < 1.29 is 58.3 Å². The molecule has 0 aromatic heterocycles. The first-order chi connectivity index (χ1) is 30.2. The molecule has 0 aliphatic carbocycles. The van der Waals surface area contributed by atoms with Crippen LogP contribution in [-0.2, 0) is 37.9 Å². The molecule has 4 saturated heterocycles. The Hall–Kier alpha value is -2.24. The van der Waals surface area contributed by atoms with E-state index in [4.69, 9.17) is 63.6 Å². The number of rotatable bonds is 24. The van der Waals surface area contributed by atoms with Crippen molar-refractivity contribution in [1.82, 2.24) is 0 Å². The van der Waals surface area contributed by atoms with Crippen molar-refractivity contribution in [3.05, 3.63) is 0 Å². The molecule has 12 heteroatoms. The van der Waals surface area contributed by atoms with Crippen LogP contribution < -0.4 is 0 Å². The molecule has 368 valence electrons. The van der Waals surface area contributed by atoms with Gasteiger partial charge in [0.1, 0.15) is 24.4 Å². The molecule has 0 aromatic rings. The highest BCUT2D eigenvalue weighted by Gasteiger charge is 2.53. The van der Waals surface area contributed by atoms with Gasteiger partial charge in [-0.05, 0) is 53.4 Å². The second-order valence-corrected chi connectivity index (χ2v) is 18.2. The molecule has 0 saturated carbocycles. The van der Waals surface area contributed by atoms with Gasteiger partial charge in [-0.1, -0.05) is 55.4 Å². The number of methoxy groups -OCH3 is 4. The van der Waals surface area contributed by atoms with Crippen molar-refractivity contribution in [3.63, 3.8) is 0 Å². The van der Waals surface area contributed by atoms with Gasteiger partial charge < -0.3 is 58.3 Å². The van der Waals surface area contributed by atoms with Crippen LogP contribution in [0, 0.1) is 96.7 Å². The Morgan fingerprint density at radius 3 is 0.625 bits per heavy atom. The van der Waals surface area contributed by atoms with Crippen LogP contribution in [0.5, 0.6) is 0 Å². The quantitative estimate of drug-likeness (QED) is 0.0683. The Bertz CT molecular complexity index is 1230. The van der Waals surface area contributed by atoms with E-state index in [9.17, 15) is 20.4 Å². The first-order valence-electron chi connectivity index (χ1n) is 23.6. The third kappa shape index (κ3) is 17.1. The highest BCUT2D eigenvalue weighted by Crippen LogP contribution is 2.40. The minimum Gasteiger partial charge on any atom is -0.389 e. The molecule has 4 fully saturated rings. The first-order valence-corrected chi connectivity index (χ1v) is 23.6. The topological polar surface area (TPSA) is 168 Å². The van der Waals surface area contributed by atoms with Crippen molar-refractivity contribution in [2.75, 3.05) is 28.4 Å². The third-order valence-corrected chi connectivity index (χ3v) is 13.9. The van der Waals surface area contributed by atoms with E-state index in [0.29, 0.717) is 23.7 Å². The number of ether oxygens (including phenoxy) is 8. The third-order valence-electron chi connectivity index (χ3n) is 13.9. The van der Waals surface area contributed by atoms with Crippen LogP contribution in [0.3, 0.4) is 0 Å². The van der Waals surface area contributed by atoms with Gasteiger partial charge in [0, 0.05) is 75.8 Å². The Kier molecular flexibility index (Phi) is 27.6. The van der Waals surface area contributed by atoms with Gasteiger partial charge >= 0.3 is 0 Å². The van der Waals surface area contributed by atoms with Crippen molar-refractivity contribution in [1.29, 1.82) is 0 Å². The number of aliphatic hydroxyl groups is 4. The van der Waals surface area contributed by atoms with E-state index in [0.717, 1.165) is 25.7 Å². The fourth-order valence-corrected chi connectivity index (χ4v) is 8.73. The van der Waals surface area contributed by atoms with Crippen LogP contribution in [0.1, 0.15) is 109 Å². The lowest BCUT2D eigenvalue weighted by atomic mass is 9.92. The van der Waals surface area contributed by atoms with E-state index in [2.05, 4.69) is 79.1 Å². The molecule has 4 rings (SSSR count). The molecule has 0 amide bonds. The Morgan fingerprint density at radius 1 is 0.359 bits per heavy atom. The van der Waals surface area contributed by atoms with Gasteiger partial charge in [-0.3, -0.25) is 0 Å². The van der Waals surface area contributed by atoms with Crippen molar-refractivity contribution in [3.8, 4) is 49.4 Å². The molecule has 0 radical (unpaired) electrons. The van der Waals surface area contributed by atoms with E-state index < -0.39 is 24.4 Å². The van der Waals surface area contributed by atoms with E-state index in [1.165, 1.54) is 0 Å². The normalized spacial score (nSPS) is 31.2. The summed E-state index contributed by atoms with van der Waals surface area (Å²) in [5, 5.41) is 39.6. The Labute approximate surface area is 388 Å². The van der Waals surface area contributed by atoms with Gasteiger partial charge in [0.2, 0.25) is 0 Å². The van der Waals surface area contributed by atoms with Crippen molar-refractivity contribution in [2.45, 2.75) is 206 Å². The van der Waals surface area contributed by atoms with Crippen LogP contribution in [0.4, 0.5) is 0 Å². The Balaban J connectivity index is 0.000000427. The average molecular weight is 905 g/mol. The summed E-state index contributed by atoms with van der Waals surface area (Å²) in [5.74, 6) is 10.7. The van der Waals surface area contributed by atoms with E-state index >= 15 is 0 Å². The van der Waals surface area contributed by atoms with Crippen LogP contribution in [0.15, 0.2) is 0 Å². The molecule has 4 N–H and O–H groups in total. The summed E-state index contributed by atoms with van der Waals surface area (Å²) in [6.45, 7) is 24.1. The lowest BCUT2D eigenvalue weighted by molar-refractivity contribution is 0.0444. The SMILES string of the molecule is C#C[C@@H](C)[C@@H](O)[C@H]1O[C@@H]1[C@H](C)[C@H](CC)OC.C#C[C@@H](C)[C@H](O)[C@H]1O[C@@H]1[C@H](C)[C@H](CC)OC.C#C[C@H](C)[C@@H](O)[C@H]1O[C@@H]1[C@H](C)[C@H](CC)OC.C#C[C@H](C)[C@H](O)[C@H]1O[C@@H]1[C@H](C)[C@H](CC)OC. The molecule has 0 spiro atoms. The molecule has 64 heavy (non-hydrogen) atoms. The summed E-state index contributed by atoms with van der Waals surface area (Å²) in [7, 11) is 6.84. The number of hydrogen-bond donors (Lipinski definition) is 4. The van der Waals surface area contributed by atoms with Crippen LogP contribution in [0.25, 0.3) is 0 Å². The number of terminal acetylenes is 4.